The molecule has 0 aliphatic heterocycles. The fraction of sp³-hybridized carbons (Fsp3) is 0.0625. The molecule has 0 saturated carbocycles. The highest BCUT2D eigenvalue weighted by Gasteiger charge is 2.07. The van der Waals surface area contributed by atoms with Crippen LogP contribution in [0.1, 0.15) is 31.8 Å². The third-order valence-electron chi connectivity index (χ3n) is 2.78. The molecule has 5 heteroatoms. The quantitative estimate of drug-likeness (QED) is 0.537. The summed E-state index contributed by atoms with van der Waals surface area (Å²) in [5.41, 5.74) is 1.65. The molecule has 0 aliphatic carbocycles. The fourth-order valence-corrected chi connectivity index (χ4v) is 1.93. The number of hydrogen-bond donors (Lipinski definition) is 1. The van der Waals surface area contributed by atoms with E-state index in [1.165, 1.54) is 18.3 Å². The number of rotatable bonds is 3. The summed E-state index contributed by atoms with van der Waals surface area (Å²) >= 11 is 5.70. The summed E-state index contributed by atoms with van der Waals surface area (Å²) in [7, 11) is 0. The van der Waals surface area contributed by atoms with Gasteiger partial charge >= 0.3 is 5.97 Å². The molecule has 0 bridgehead atoms. The van der Waals surface area contributed by atoms with Gasteiger partial charge in [0, 0.05) is 18.2 Å². The molecule has 1 aromatic carbocycles. The summed E-state index contributed by atoms with van der Waals surface area (Å²) in [6.07, 6.45) is 2.34. The van der Waals surface area contributed by atoms with Crippen molar-refractivity contribution < 1.29 is 14.7 Å². The van der Waals surface area contributed by atoms with Gasteiger partial charge in [-0.25, -0.2) is 9.78 Å². The Hall–Kier alpha value is -2.64. The smallest absolute Gasteiger partial charge is 0.335 e. The molecule has 0 atom stereocenters. The first kappa shape index (κ1) is 14.8. The molecule has 1 N–H and O–H groups in total. The molecular formula is C16H10ClNO3. The second-order valence-electron chi connectivity index (χ2n) is 4.15. The molecule has 1 aromatic heterocycles. The monoisotopic (exact) mass is 299 g/mol. The molecule has 4 nitrogen and oxygen atoms in total. The number of pyridine rings is 1. The van der Waals surface area contributed by atoms with E-state index in [0.29, 0.717) is 23.0 Å². The van der Waals surface area contributed by atoms with Crippen molar-refractivity contribution >= 4 is 23.9 Å². The number of carboxylic acids is 1. The number of aromatic carboxylic acids is 1. The van der Waals surface area contributed by atoms with Gasteiger partial charge in [-0.2, -0.15) is 0 Å². The lowest BCUT2D eigenvalue weighted by atomic mass is 10.0. The lowest BCUT2D eigenvalue weighted by molar-refractivity contribution is 0.0695. The van der Waals surface area contributed by atoms with Gasteiger partial charge < -0.3 is 5.11 Å². The minimum absolute atomic E-state index is 0.219. The average Bonchev–Trinajstić information content (AvgIpc) is 2.49. The number of aldehydes is 1. The SMILES string of the molecule is O=Cc1cc(Cl)ncc1C#CCc1ccccc1C(=O)O. The van der Waals surface area contributed by atoms with Crippen LogP contribution < -0.4 is 0 Å². The molecule has 0 aliphatic rings. The van der Waals surface area contributed by atoms with Crippen molar-refractivity contribution in [2.75, 3.05) is 0 Å². The number of halogens is 1. The predicted molar refractivity (Wildman–Crippen MR) is 78.6 cm³/mol. The Kier molecular flexibility index (Phi) is 4.70. The average molecular weight is 300 g/mol. The van der Waals surface area contributed by atoms with Crippen LogP contribution in [0.3, 0.4) is 0 Å². The van der Waals surface area contributed by atoms with Crippen molar-refractivity contribution in [2.45, 2.75) is 6.42 Å². The van der Waals surface area contributed by atoms with E-state index in [-0.39, 0.29) is 17.1 Å². The predicted octanol–water partition coefficient (Wildman–Crippen LogP) is 2.84. The minimum atomic E-state index is -0.992. The summed E-state index contributed by atoms with van der Waals surface area (Å²) in [6.45, 7) is 0. The molecule has 2 aromatic rings. The van der Waals surface area contributed by atoms with Gasteiger partial charge in [-0.05, 0) is 17.7 Å². The van der Waals surface area contributed by atoms with Crippen molar-refractivity contribution in [2.24, 2.45) is 0 Å². The largest absolute Gasteiger partial charge is 0.478 e. The third kappa shape index (κ3) is 3.68. The summed E-state index contributed by atoms with van der Waals surface area (Å²) in [6, 6.07) is 8.08. The van der Waals surface area contributed by atoms with Crippen LogP contribution in [0.2, 0.25) is 5.15 Å². The van der Waals surface area contributed by atoms with E-state index in [0.717, 1.165) is 0 Å². The lowest BCUT2D eigenvalue weighted by Gasteiger charge is -2.01. The maximum Gasteiger partial charge on any atom is 0.335 e. The number of hydrogen-bond acceptors (Lipinski definition) is 3. The van der Waals surface area contributed by atoms with Crippen LogP contribution in [0, 0.1) is 11.8 Å². The highest BCUT2D eigenvalue weighted by molar-refractivity contribution is 6.29. The molecule has 0 fully saturated rings. The highest BCUT2D eigenvalue weighted by Crippen LogP contribution is 2.11. The summed E-state index contributed by atoms with van der Waals surface area (Å²) < 4.78 is 0. The number of benzene rings is 1. The summed E-state index contributed by atoms with van der Waals surface area (Å²) in [4.78, 5) is 25.9. The standard InChI is InChI=1S/C16H10ClNO3/c17-15-8-13(10-19)12(9-18-15)6-3-5-11-4-1-2-7-14(11)16(20)21/h1-2,4,7-10H,5H2,(H,20,21). The Labute approximate surface area is 126 Å². The van der Waals surface area contributed by atoms with Gasteiger partial charge in [-0.15, -0.1) is 0 Å². The zero-order valence-corrected chi connectivity index (χ0v) is 11.6. The fourth-order valence-electron chi connectivity index (χ4n) is 1.76. The molecule has 0 amide bonds. The van der Waals surface area contributed by atoms with Gasteiger partial charge in [0.05, 0.1) is 11.1 Å². The van der Waals surface area contributed by atoms with E-state index >= 15 is 0 Å². The van der Waals surface area contributed by atoms with Crippen LogP contribution in [0.5, 0.6) is 0 Å². The molecule has 2 rings (SSSR count). The normalized spacial score (nSPS) is 9.57. The van der Waals surface area contributed by atoms with Crippen molar-refractivity contribution in [1.82, 2.24) is 4.98 Å². The van der Waals surface area contributed by atoms with Gasteiger partial charge in [0.1, 0.15) is 5.15 Å². The second kappa shape index (κ2) is 6.69. The first-order valence-corrected chi connectivity index (χ1v) is 6.40. The van der Waals surface area contributed by atoms with Gasteiger partial charge in [0.15, 0.2) is 6.29 Å². The maximum atomic E-state index is 11.1. The Balaban J connectivity index is 2.26. The van der Waals surface area contributed by atoms with E-state index in [4.69, 9.17) is 16.7 Å². The van der Waals surface area contributed by atoms with Crippen LogP contribution in [0.4, 0.5) is 0 Å². The van der Waals surface area contributed by atoms with Crippen LogP contribution in [0.15, 0.2) is 36.5 Å². The number of carboxylic acid groups (broad SMARTS) is 1. The van der Waals surface area contributed by atoms with Gasteiger partial charge in [-0.3, -0.25) is 4.79 Å². The Morgan fingerprint density at radius 2 is 2.14 bits per heavy atom. The Bertz CT molecular complexity index is 760. The van der Waals surface area contributed by atoms with E-state index < -0.39 is 5.97 Å². The van der Waals surface area contributed by atoms with Crippen LogP contribution in [-0.2, 0) is 6.42 Å². The molecule has 0 saturated heterocycles. The molecule has 0 unspecified atom stereocenters. The maximum absolute atomic E-state index is 11.1. The van der Waals surface area contributed by atoms with E-state index in [1.807, 2.05) is 0 Å². The van der Waals surface area contributed by atoms with Crippen molar-refractivity contribution in [1.29, 1.82) is 0 Å². The number of carbonyl (C=O) groups is 2. The topological polar surface area (TPSA) is 67.3 Å². The van der Waals surface area contributed by atoms with Crippen molar-refractivity contribution in [3.63, 3.8) is 0 Å². The van der Waals surface area contributed by atoms with E-state index in [2.05, 4.69) is 16.8 Å². The molecule has 0 radical (unpaired) electrons. The number of carbonyl (C=O) groups excluding carboxylic acids is 1. The molecule has 21 heavy (non-hydrogen) atoms. The number of nitrogens with zero attached hydrogens (tertiary/aromatic N) is 1. The Morgan fingerprint density at radius 1 is 1.38 bits per heavy atom. The van der Waals surface area contributed by atoms with Gasteiger partial charge in [0.2, 0.25) is 0 Å². The van der Waals surface area contributed by atoms with Crippen molar-refractivity contribution in [3.8, 4) is 11.8 Å². The first-order chi connectivity index (χ1) is 10.1. The molecular weight excluding hydrogens is 290 g/mol. The zero-order valence-electron chi connectivity index (χ0n) is 10.8. The number of aromatic nitrogens is 1. The van der Waals surface area contributed by atoms with Gasteiger partial charge in [-0.1, -0.05) is 41.6 Å². The third-order valence-corrected chi connectivity index (χ3v) is 2.99. The van der Waals surface area contributed by atoms with Crippen molar-refractivity contribution in [3.05, 3.63) is 63.9 Å². The van der Waals surface area contributed by atoms with E-state index in [9.17, 15) is 9.59 Å². The summed E-state index contributed by atoms with van der Waals surface area (Å²) in [5, 5.41) is 9.30. The molecule has 104 valence electrons. The Morgan fingerprint density at radius 3 is 2.86 bits per heavy atom. The van der Waals surface area contributed by atoms with Crippen LogP contribution in [-0.4, -0.2) is 22.3 Å². The van der Waals surface area contributed by atoms with Gasteiger partial charge in [0.25, 0.3) is 0 Å². The first-order valence-electron chi connectivity index (χ1n) is 6.02. The summed E-state index contributed by atoms with van der Waals surface area (Å²) in [5.74, 6) is 4.67. The van der Waals surface area contributed by atoms with E-state index in [1.54, 1.807) is 18.2 Å². The highest BCUT2D eigenvalue weighted by atomic mass is 35.5. The van der Waals surface area contributed by atoms with Crippen LogP contribution in [0.25, 0.3) is 0 Å². The lowest BCUT2D eigenvalue weighted by Crippen LogP contribution is -2.01. The minimum Gasteiger partial charge on any atom is -0.478 e. The molecule has 1 heterocycles. The second-order valence-corrected chi connectivity index (χ2v) is 4.54. The van der Waals surface area contributed by atoms with Crippen LogP contribution >= 0.6 is 11.6 Å². The zero-order chi connectivity index (χ0) is 15.2. The molecule has 0 spiro atoms.